The summed E-state index contributed by atoms with van der Waals surface area (Å²) in [5.74, 6) is -0.351. The van der Waals surface area contributed by atoms with Crippen molar-refractivity contribution >= 4 is 11.9 Å². The molecular formula is C19H20N2O3. The van der Waals surface area contributed by atoms with Gasteiger partial charge in [-0.2, -0.15) is 0 Å². The van der Waals surface area contributed by atoms with E-state index in [2.05, 4.69) is 4.98 Å². The van der Waals surface area contributed by atoms with Crippen molar-refractivity contribution in [1.29, 1.82) is 0 Å². The summed E-state index contributed by atoms with van der Waals surface area (Å²) in [6, 6.07) is 11.1. The Hall–Kier alpha value is -2.69. The first kappa shape index (κ1) is 16.2. The number of likely N-dealkylation sites (tertiary alicyclic amines) is 1. The molecule has 2 heterocycles. The molecule has 1 aliphatic rings. The molecule has 0 unspecified atom stereocenters. The van der Waals surface area contributed by atoms with Crippen molar-refractivity contribution in [3.63, 3.8) is 0 Å². The Balaban J connectivity index is 1.63. The van der Waals surface area contributed by atoms with Crippen LogP contribution in [0.2, 0.25) is 0 Å². The number of rotatable bonds is 5. The minimum atomic E-state index is -0.504. The van der Waals surface area contributed by atoms with Crippen LogP contribution < -0.4 is 0 Å². The Labute approximate surface area is 141 Å². The summed E-state index contributed by atoms with van der Waals surface area (Å²) in [7, 11) is 0. The predicted molar refractivity (Wildman–Crippen MR) is 88.8 cm³/mol. The molecule has 1 atom stereocenters. The molecule has 0 aliphatic carbocycles. The number of ether oxygens (including phenoxy) is 1. The molecule has 1 fully saturated rings. The predicted octanol–water partition coefficient (Wildman–Crippen LogP) is 2.62. The largest absolute Gasteiger partial charge is 0.459 e. The van der Waals surface area contributed by atoms with Crippen molar-refractivity contribution in [2.24, 2.45) is 0 Å². The molecule has 5 nitrogen and oxygen atoms in total. The molecule has 0 saturated carbocycles. The standard InChI is InChI=1S/C19H20N2O3/c1-14-4-6-15(7-5-14)12-21-17(8-9-18(21)22)19(23)24-13-16-3-2-10-20-11-16/h2-7,10-11,17H,8-9,12-13H2,1H3/t17-/m0/s1. The lowest BCUT2D eigenvalue weighted by molar-refractivity contribution is -0.153. The summed E-state index contributed by atoms with van der Waals surface area (Å²) in [5, 5.41) is 0. The van der Waals surface area contributed by atoms with Gasteiger partial charge in [-0.3, -0.25) is 9.78 Å². The molecule has 0 radical (unpaired) electrons. The number of benzene rings is 1. The van der Waals surface area contributed by atoms with Gasteiger partial charge in [0.2, 0.25) is 5.91 Å². The third kappa shape index (κ3) is 3.79. The number of hydrogen-bond donors (Lipinski definition) is 0. The van der Waals surface area contributed by atoms with Gasteiger partial charge < -0.3 is 9.64 Å². The first-order valence-corrected chi connectivity index (χ1v) is 8.04. The molecule has 5 heteroatoms. The number of aryl methyl sites for hydroxylation is 1. The number of carbonyl (C=O) groups is 2. The van der Waals surface area contributed by atoms with E-state index < -0.39 is 6.04 Å². The Bertz CT molecular complexity index is 713. The Kier molecular flexibility index (Phi) is 4.89. The normalized spacial score (nSPS) is 17.1. The Morgan fingerprint density at radius 2 is 2.04 bits per heavy atom. The Morgan fingerprint density at radius 1 is 1.25 bits per heavy atom. The van der Waals surface area contributed by atoms with E-state index in [0.717, 1.165) is 11.1 Å². The van der Waals surface area contributed by atoms with Crippen molar-refractivity contribution in [2.45, 2.75) is 39.0 Å². The summed E-state index contributed by atoms with van der Waals surface area (Å²) in [5.41, 5.74) is 3.01. The van der Waals surface area contributed by atoms with Crippen molar-refractivity contribution in [2.75, 3.05) is 0 Å². The number of carbonyl (C=O) groups excluding carboxylic acids is 2. The molecule has 0 N–H and O–H groups in total. The summed E-state index contributed by atoms with van der Waals surface area (Å²) in [6.45, 7) is 2.63. The van der Waals surface area contributed by atoms with Crippen LogP contribution in [0.1, 0.15) is 29.5 Å². The molecule has 0 spiro atoms. The van der Waals surface area contributed by atoms with E-state index in [0.29, 0.717) is 19.4 Å². The van der Waals surface area contributed by atoms with Gasteiger partial charge in [0.15, 0.2) is 0 Å². The number of esters is 1. The zero-order valence-electron chi connectivity index (χ0n) is 13.6. The molecule has 1 aromatic carbocycles. The average Bonchev–Trinajstić information content (AvgIpc) is 2.96. The highest BCUT2D eigenvalue weighted by atomic mass is 16.5. The molecule has 0 bridgehead atoms. The van der Waals surface area contributed by atoms with Crippen LogP contribution in [-0.2, 0) is 27.5 Å². The zero-order valence-corrected chi connectivity index (χ0v) is 13.6. The van der Waals surface area contributed by atoms with Crippen LogP contribution in [0.3, 0.4) is 0 Å². The number of nitrogens with zero attached hydrogens (tertiary/aromatic N) is 2. The van der Waals surface area contributed by atoms with Crippen LogP contribution >= 0.6 is 0 Å². The third-order valence-corrected chi connectivity index (χ3v) is 4.18. The minimum absolute atomic E-state index is 0.00102. The number of amides is 1. The highest BCUT2D eigenvalue weighted by Crippen LogP contribution is 2.23. The van der Waals surface area contributed by atoms with Gasteiger partial charge in [-0.25, -0.2) is 4.79 Å². The fourth-order valence-corrected chi connectivity index (χ4v) is 2.80. The fraction of sp³-hybridized carbons (Fsp3) is 0.316. The maximum Gasteiger partial charge on any atom is 0.329 e. The maximum absolute atomic E-state index is 12.4. The van der Waals surface area contributed by atoms with Gasteiger partial charge in [-0.15, -0.1) is 0 Å². The highest BCUT2D eigenvalue weighted by Gasteiger charge is 2.37. The SMILES string of the molecule is Cc1ccc(CN2C(=O)CC[C@H]2C(=O)OCc2cccnc2)cc1. The van der Waals surface area contributed by atoms with E-state index in [4.69, 9.17) is 4.74 Å². The first-order chi connectivity index (χ1) is 11.6. The average molecular weight is 324 g/mol. The van der Waals surface area contributed by atoms with Crippen LogP contribution in [0.25, 0.3) is 0 Å². The molecular weight excluding hydrogens is 304 g/mol. The van der Waals surface area contributed by atoms with E-state index in [1.54, 1.807) is 23.4 Å². The number of hydrogen-bond acceptors (Lipinski definition) is 4. The van der Waals surface area contributed by atoms with E-state index in [9.17, 15) is 9.59 Å². The fourth-order valence-electron chi connectivity index (χ4n) is 2.80. The lowest BCUT2D eigenvalue weighted by Crippen LogP contribution is -2.39. The van der Waals surface area contributed by atoms with Crippen LogP contribution in [0.5, 0.6) is 0 Å². The maximum atomic E-state index is 12.4. The van der Waals surface area contributed by atoms with Crippen molar-refractivity contribution in [3.05, 3.63) is 65.5 Å². The van der Waals surface area contributed by atoms with E-state index in [1.807, 2.05) is 37.3 Å². The molecule has 2 aromatic rings. The van der Waals surface area contributed by atoms with Crippen molar-refractivity contribution < 1.29 is 14.3 Å². The molecule has 24 heavy (non-hydrogen) atoms. The summed E-state index contributed by atoms with van der Waals surface area (Å²) in [6.07, 6.45) is 4.23. The first-order valence-electron chi connectivity index (χ1n) is 8.04. The second-order valence-corrected chi connectivity index (χ2v) is 6.03. The van der Waals surface area contributed by atoms with Gasteiger partial charge in [0.1, 0.15) is 12.6 Å². The lowest BCUT2D eigenvalue weighted by atomic mass is 10.1. The van der Waals surface area contributed by atoms with Gasteiger partial charge >= 0.3 is 5.97 Å². The zero-order chi connectivity index (χ0) is 16.9. The highest BCUT2D eigenvalue weighted by molar-refractivity contribution is 5.88. The minimum Gasteiger partial charge on any atom is -0.459 e. The smallest absolute Gasteiger partial charge is 0.329 e. The van der Waals surface area contributed by atoms with E-state index >= 15 is 0 Å². The molecule has 1 saturated heterocycles. The third-order valence-electron chi connectivity index (χ3n) is 4.18. The molecule has 1 amide bonds. The van der Waals surface area contributed by atoms with E-state index in [-0.39, 0.29) is 18.5 Å². The van der Waals surface area contributed by atoms with Gasteiger partial charge in [0, 0.05) is 30.9 Å². The molecule has 1 aromatic heterocycles. The number of aromatic nitrogens is 1. The topological polar surface area (TPSA) is 59.5 Å². The summed E-state index contributed by atoms with van der Waals surface area (Å²) < 4.78 is 5.37. The summed E-state index contributed by atoms with van der Waals surface area (Å²) >= 11 is 0. The second-order valence-electron chi connectivity index (χ2n) is 6.03. The van der Waals surface area contributed by atoms with Crippen LogP contribution in [0, 0.1) is 6.92 Å². The summed E-state index contributed by atoms with van der Waals surface area (Å²) in [4.78, 5) is 30.1. The van der Waals surface area contributed by atoms with Crippen LogP contribution in [0.15, 0.2) is 48.8 Å². The molecule has 1 aliphatic heterocycles. The second kappa shape index (κ2) is 7.25. The van der Waals surface area contributed by atoms with Gasteiger partial charge in [-0.05, 0) is 25.0 Å². The lowest BCUT2D eigenvalue weighted by Gasteiger charge is -2.23. The van der Waals surface area contributed by atoms with Gasteiger partial charge in [0.05, 0.1) is 0 Å². The monoisotopic (exact) mass is 324 g/mol. The quantitative estimate of drug-likeness (QED) is 0.793. The van der Waals surface area contributed by atoms with Crippen LogP contribution in [-0.4, -0.2) is 27.8 Å². The van der Waals surface area contributed by atoms with Crippen molar-refractivity contribution in [3.8, 4) is 0 Å². The van der Waals surface area contributed by atoms with Gasteiger partial charge in [-0.1, -0.05) is 35.9 Å². The Morgan fingerprint density at radius 3 is 2.75 bits per heavy atom. The van der Waals surface area contributed by atoms with Crippen molar-refractivity contribution in [1.82, 2.24) is 9.88 Å². The van der Waals surface area contributed by atoms with E-state index in [1.165, 1.54) is 5.56 Å². The van der Waals surface area contributed by atoms with Gasteiger partial charge in [0.25, 0.3) is 0 Å². The van der Waals surface area contributed by atoms with Crippen LogP contribution in [0.4, 0.5) is 0 Å². The molecule has 3 rings (SSSR count). The number of pyridine rings is 1. The molecule has 124 valence electrons.